The number of rotatable bonds is 4. The number of nitro groups is 1. The van der Waals surface area contributed by atoms with E-state index in [-0.39, 0.29) is 10.8 Å². The lowest BCUT2D eigenvalue weighted by molar-refractivity contribution is -0.380. The van der Waals surface area contributed by atoms with Crippen LogP contribution >= 0.6 is 27.3 Å². The number of anilines is 1. The van der Waals surface area contributed by atoms with Crippen molar-refractivity contribution in [3.05, 3.63) is 55.6 Å². The van der Waals surface area contributed by atoms with Crippen LogP contribution in [0.25, 0.3) is 0 Å². The second-order valence-corrected chi connectivity index (χ2v) is 5.27. The number of hydrogen-bond acceptors (Lipinski definition) is 4. The molecule has 0 aliphatic heterocycles. The largest absolute Gasteiger partial charge is 0.380 e. The Bertz CT molecular complexity index is 588. The first-order chi connectivity index (χ1) is 8.56. The number of halogens is 2. The van der Waals surface area contributed by atoms with E-state index in [9.17, 15) is 14.5 Å². The summed E-state index contributed by atoms with van der Waals surface area (Å²) in [5.41, 5.74) is 1.41. The first-order valence-electron chi connectivity index (χ1n) is 4.97. The highest BCUT2D eigenvalue weighted by Gasteiger charge is 2.09. The van der Waals surface area contributed by atoms with Crippen molar-refractivity contribution in [3.63, 3.8) is 0 Å². The predicted octanol–water partition coefficient (Wildman–Crippen LogP) is 4.17. The topological polar surface area (TPSA) is 55.2 Å². The summed E-state index contributed by atoms with van der Waals surface area (Å²) in [6.45, 7) is 0.409. The average Bonchev–Trinajstić information content (AvgIpc) is 2.79. The summed E-state index contributed by atoms with van der Waals surface area (Å²) in [7, 11) is 0. The molecule has 0 spiro atoms. The summed E-state index contributed by atoms with van der Waals surface area (Å²) in [5.74, 6) is -0.336. The third-order valence-electron chi connectivity index (χ3n) is 2.23. The Hall–Kier alpha value is -1.47. The van der Waals surface area contributed by atoms with Crippen LogP contribution in [0.5, 0.6) is 0 Å². The van der Waals surface area contributed by atoms with Gasteiger partial charge in [0.15, 0.2) is 0 Å². The summed E-state index contributed by atoms with van der Waals surface area (Å²) in [6.07, 6.45) is 0. The van der Waals surface area contributed by atoms with Gasteiger partial charge in [-0.3, -0.25) is 10.1 Å². The van der Waals surface area contributed by atoms with Gasteiger partial charge in [-0.05, 0) is 39.7 Å². The zero-order chi connectivity index (χ0) is 13.1. The van der Waals surface area contributed by atoms with Gasteiger partial charge in [-0.1, -0.05) is 11.3 Å². The van der Waals surface area contributed by atoms with Crippen LogP contribution in [-0.4, -0.2) is 4.92 Å². The number of thiophene rings is 1. The van der Waals surface area contributed by atoms with Crippen LogP contribution in [0.15, 0.2) is 34.1 Å². The predicted molar refractivity (Wildman–Crippen MR) is 72.4 cm³/mol. The molecule has 0 amide bonds. The lowest BCUT2D eigenvalue weighted by Crippen LogP contribution is -1.99. The van der Waals surface area contributed by atoms with E-state index in [1.807, 2.05) is 0 Å². The van der Waals surface area contributed by atoms with Crippen LogP contribution in [0, 0.1) is 15.9 Å². The van der Waals surface area contributed by atoms with Crippen molar-refractivity contribution in [2.75, 3.05) is 5.32 Å². The average molecular weight is 331 g/mol. The molecule has 0 aliphatic carbocycles. The van der Waals surface area contributed by atoms with Crippen molar-refractivity contribution in [3.8, 4) is 0 Å². The minimum atomic E-state index is -0.424. The molecule has 1 aromatic carbocycles. The van der Waals surface area contributed by atoms with E-state index in [0.29, 0.717) is 12.2 Å². The Balaban J connectivity index is 2.06. The number of nitrogens with one attached hydrogen (secondary N) is 1. The maximum absolute atomic E-state index is 13.0. The maximum atomic E-state index is 13.0. The van der Waals surface area contributed by atoms with Crippen molar-refractivity contribution in [2.45, 2.75) is 6.54 Å². The SMILES string of the molecule is O=[N+]([O-])c1cc(CNc2cc(F)ccc2Br)cs1. The molecule has 0 fully saturated rings. The molecule has 0 saturated heterocycles. The highest BCUT2D eigenvalue weighted by Crippen LogP contribution is 2.26. The van der Waals surface area contributed by atoms with Crippen LogP contribution in [0.3, 0.4) is 0 Å². The third kappa shape index (κ3) is 3.05. The van der Waals surface area contributed by atoms with Gasteiger partial charge in [0.25, 0.3) is 0 Å². The van der Waals surface area contributed by atoms with Crippen molar-refractivity contribution in [1.29, 1.82) is 0 Å². The molecular weight excluding hydrogens is 323 g/mol. The van der Waals surface area contributed by atoms with Gasteiger partial charge in [0.1, 0.15) is 5.82 Å². The first-order valence-corrected chi connectivity index (χ1v) is 6.64. The summed E-state index contributed by atoms with van der Waals surface area (Å²) in [5, 5.41) is 15.4. The van der Waals surface area contributed by atoms with Gasteiger partial charge in [-0.25, -0.2) is 4.39 Å². The van der Waals surface area contributed by atoms with E-state index >= 15 is 0 Å². The van der Waals surface area contributed by atoms with Crippen LogP contribution in [0.2, 0.25) is 0 Å². The second-order valence-electron chi connectivity index (χ2n) is 3.53. The smallest absolute Gasteiger partial charge is 0.324 e. The molecular formula is C11H8BrFN2O2S. The zero-order valence-corrected chi connectivity index (χ0v) is 11.4. The monoisotopic (exact) mass is 330 g/mol. The first kappa shape index (κ1) is 13.0. The molecule has 4 nitrogen and oxygen atoms in total. The van der Waals surface area contributed by atoms with Crippen LogP contribution in [-0.2, 0) is 6.54 Å². The van der Waals surface area contributed by atoms with Gasteiger partial charge in [0, 0.05) is 22.5 Å². The lowest BCUT2D eigenvalue weighted by Gasteiger charge is -2.07. The van der Waals surface area contributed by atoms with Crippen LogP contribution in [0.4, 0.5) is 15.1 Å². The number of nitrogens with zero attached hydrogens (tertiary/aromatic N) is 1. The van der Waals surface area contributed by atoms with E-state index in [2.05, 4.69) is 21.2 Å². The lowest BCUT2D eigenvalue weighted by atomic mass is 10.3. The van der Waals surface area contributed by atoms with E-state index in [4.69, 9.17) is 0 Å². The summed E-state index contributed by atoms with van der Waals surface area (Å²) < 4.78 is 13.8. The van der Waals surface area contributed by atoms with Gasteiger partial charge < -0.3 is 5.32 Å². The standard InChI is InChI=1S/C11H8BrFN2O2S/c12-9-2-1-8(13)4-10(9)14-5-7-3-11(15(16)17)18-6-7/h1-4,6,14H,5H2. The summed E-state index contributed by atoms with van der Waals surface area (Å²) in [6, 6.07) is 5.83. The van der Waals surface area contributed by atoms with Crippen molar-refractivity contribution in [1.82, 2.24) is 0 Å². The normalized spacial score (nSPS) is 10.3. The molecule has 0 atom stereocenters. The summed E-state index contributed by atoms with van der Waals surface area (Å²) >= 11 is 4.37. The van der Waals surface area contributed by atoms with Gasteiger partial charge in [0.2, 0.25) is 0 Å². The van der Waals surface area contributed by atoms with Gasteiger partial charge in [0.05, 0.1) is 10.6 Å². The molecule has 1 N–H and O–H groups in total. The Kier molecular flexibility index (Phi) is 3.93. The fraction of sp³-hybridized carbons (Fsp3) is 0.0909. The Morgan fingerprint density at radius 1 is 1.44 bits per heavy atom. The van der Waals surface area contributed by atoms with E-state index in [1.165, 1.54) is 18.2 Å². The van der Waals surface area contributed by atoms with Crippen LogP contribution < -0.4 is 5.32 Å². The molecule has 2 rings (SSSR count). The van der Waals surface area contributed by atoms with Gasteiger partial charge in [-0.2, -0.15) is 0 Å². The molecule has 18 heavy (non-hydrogen) atoms. The van der Waals surface area contributed by atoms with Crippen molar-refractivity contribution >= 4 is 38.0 Å². The molecule has 0 saturated carbocycles. The fourth-order valence-electron chi connectivity index (χ4n) is 1.38. The van der Waals surface area contributed by atoms with Crippen molar-refractivity contribution < 1.29 is 9.31 Å². The highest BCUT2D eigenvalue weighted by atomic mass is 79.9. The molecule has 2 aromatic rings. The molecule has 0 aliphatic rings. The second kappa shape index (κ2) is 5.45. The minimum Gasteiger partial charge on any atom is -0.380 e. The molecule has 7 heteroatoms. The minimum absolute atomic E-state index is 0.102. The molecule has 1 aromatic heterocycles. The van der Waals surface area contributed by atoms with Crippen molar-refractivity contribution in [2.24, 2.45) is 0 Å². The van der Waals surface area contributed by atoms with E-state index in [0.717, 1.165) is 21.4 Å². The molecule has 0 radical (unpaired) electrons. The molecule has 1 heterocycles. The van der Waals surface area contributed by atoms with E-state index in [1.54, 1.807) is 11.4 Å². The summed E-state index contributed by atoms with van der Waals surface area (Å²) in [4.78, 5) is 10.1. The Labute approximate surface area is 115 Å². The number of hydrogen-bond donors (Lipinski definition) is 1. The fourth-order valence-corrected chi connectivity index (χ4v) is 2.50. The van der Waals surface area contributed by atoms with Gasteiger partial charge >= 0.3 is 5.00 Å². The van der Waals surface area contributed by atoms with Gasteiger partial charge in [-0.15, -0.1) is 0 Å². The quantitative estimate of drug-likeness (QED) is 0.676. The molecule has 0 bridgehead atoms. The Morgan fingerprint density at radius 2 is 2.22 bits per heavy atom. The molecule has 94 valence electrons. The Morgan fingerprint density at radius 3 is 2.89 bits per heavy atom. The molecule has 0 unspecified atom stereocenters. The zero-order valence-electron chi connectivity index (χ0n) is 9.02. The van der Waals surface area contributed by atoms with E-state index < -0.39 is 4.92 Å². The van der Waals surface area contributed by atoms with Crippen LogP contribution in [0.1, 0.15) is 5.56 Å². The maximum Gasteiger partial charge on any atom is 0.324 e. The number of benzene rings is 1. The third-order valence-corrected chi connectivity index (χ3v) is 3.85. The highest BCUT2D eigenvalue weighted by molar-refractivity contribution is 9.10.